The van der Waals surface area contributed by atoms with Crippen molar-refractivity contribution in [2.75, 3.05) is 0 Å². The van der Waals surface area contributed by atoms with Crippen molar-refractivity contribution in [2.24, 2.45) is 0 Å². The standard InChI is InChI=1S/C12H7F4N/c13-9-2-8(5-17-6-9)1-7-3-10(14)12(16)11(15)4-7/h2-6H,1H2. The zero-order chi connectivity index (χ0) is 12.4. The van der Waals surface area contributed by atoms with Crippen molar-refractivity contribution < 1.29 is 17.6 Å². The lowest BCUT2D eigenvalue weighted by Gasteiger charge is -2.03. The summed E-state index contributed by atoms with van der Waals surface area (Å²) in [6, 6.07) is 2.96. The van der Waals surface area contributed by atoms with Crippen molar-refractivity contribution in [3.05, 3.63) is 65.0 Å². The van der Waals surface area contributed by atoms with Crippen LogP contribution in [-0.2, 0) is 6.42 Å². The maximum absolute atomic E-state index is 12.9. The molecule has 1 nitrogen and oxygen atoms in total. The molecule has 0 saturated carbocycles. The first-order chi connectivity index (χ1) is 8.06. The van der Waals surface area contributed by atoms with Crippen LogP contribution in [-0.4, -0.2) is 4.98 Å². The molecule has 0 unspecified atom stereocenters. The molecule has 0 aliphatic rings. The number of hydrogen-bond donors (Lipinski definition) is 0. The van der Waals surface area contributed by atoms with E-state index < -0.39 is 23.3 Å². The Hall–Kier alpha value is -1.91. The molecular weight excluding hydrogens is 234 g/mol. The number of nitrogens with zero attached hydrogens (tertiary/aromatic N) is 1. The Morgan fingerprint density at radius 1 is 0.824 bits per heavy atom. The number of benzene rings is 1. The van der Waals surface area contributed by atoms with Gasteiger partial charge in [-0.05, 0) is 35.7 Å². The average molecular weight is 241 g/mol. The van der Waals surface area contributed by atoms with E-state index in [1.165, 1.54) is 12.3 Å². The summed E-state index contributed by atoms with van der Waals surface area (Å²) in [5.41, 5.74) is 0.671. The van der Waals surface area contributed by atoms with E-state index in [0.29, 0.717) is 5.56 Å². The van der Waals surface area contributed by atoms with Gasteiger partial charge in [-0.3, -0.25) is 4.98 Å². The van der Waals surface area contributed by atoms with Crippen LogP contribution in [0.4, 0.5) is 17.6 Å². The summed E-state index contributed by atoms with van der Waals surface area (Å²) < 4.78 is 51.3. The van der Waals surface area contributed by atoms with Crippen LogP contribution in [0.3, 0.4) is 0 Å². The van der Waals surface area contributed by atoms with Gasteiger partial charge in [0.2, 0.25) is 0 Å². The number of hydrogen-bond acceptors (Lipinski definition) is 1. The zero-order valence-electron chi connectivity index (χ0n) is 8.55. The van der Waals surface area contributed by atoms with Crippen LogP contribution >= 0.6 is 0 Å². The van der Waals surface area contributed by atoms with Gasteiger partial charge in [0.25, 0.3) is 0 Å². The van der Waals surface area contributed by atoms with Gasteiger partial charge in [-0.2, -0.15) is 0 Å². The van der Waals surface area contributed by atoms with E-state index in [-0.39, 0.29) is 12.0 Å². The third-order valence-electron chi connectivity index (χ3n) is 2.21. The topological polar surface area (TPSA) is 12.9 Å². The molecule has 0 bridgehead atoms. The highest BCUT2D eigenvalue weighted by molar-refractivity contribution is 5.26. The van der Waals surface area contributed by atoms with Crippen LogP contribution in [0.15, 0.2) is 30.6 Å². The van der Waals surface area contributed by atoms with Crippen LogP contribution in [0.2, 0.25) is 0 Å². The second-order valence-corrected chi connectivity index (χ2v) is 3.56. The molecule has 1 aromatic carbocycles. The highest BCUT2D eigenvalue weighted by atomic mass is 19.2. The van der Waals surface area contributed by atoms with E-state index >= 15 is 0 Å². The Balaban J connectivity index is 2.31. The minimum atomic E-state index is -1.51. The van der Waals surface area contributed by atoms with Crippen LogP contribution in [0.25, 0.3) is 0 Å². The Bertz CT molecular complexity index is 531. The molecule has 0 N–H and O–H groups in total. The summed E-state index contributed by atoms with van der Waals surface area (Å²) in [7, 11) is 0. The molecule has 0 amide bonds. The number of rotatable bonds is 2. The summed E-state index contributed by atoms with van der Waals surface area (Å²) >= 11 is 0. The van der Waals surface area contributed by atoms with Crippen molar-refractivity contribution in [2.45, 2.75) is 6.42 Å². The first-order valence-electron chi connectivity index (χ1n) is 4.79. The van der Waals surface area contributed by atoms with E-state index in [2.05, 4.69) is 4.98 Å². The molecule has 0 fully saturated rings. The maximum Gasteiger partial charge on any atom is 0.194 e. The minimum Gasteiger partial charge on any atom is -0.261 e. The van der Waals surface area contributed by atoms with E-state index in [9.17, 15) is 17.6 Å². The Labute approximate surface area is 94.7 Å². The first-order valence-corrected chi connectivity index (χ1v) is 4.79. The Morgan fingerprint density at radius 2 is 1.47 bits per heavy atom. The lowest BCUT2D eigenvalue weighted by atomic mass is 10.1. The van der Waals surface area contributed by atoms with Crippen LogP contribution in [0, 0.1) is 23.3 Å². The second kappa shape index (κ2) is 4.53. The van der Waals surface area contributed by atoms with Gasteiger partial charge in [0.05, 0.1) is 6.20 Å². The van der Waals surface area contributed by atoms with Crippen LogP contribution in [0.1, 0.15) is 11.1 Å². The van der Waals surface area contributed by atoms with Gasteiger partial charge in [-0.1, -0.05) is 0 Å². The van der Waals surface area contributed by atoms with E-state index in [0.717, 1.165) is 18.3 Å². The number of pyridine rings is 1. The molecule has 2 aromatic rings. The number of aromatic nitrogens is 1. The molecule has 0 aliphatic carbocycles. The fourth-order valence-electron chi connectivity index (χ4n) is 1.50. The molecule has 17 heavy (non-hydrogen) atoms. The van der Waals surface area contributed by atoms with Gasteiger partial charge in [0.15, 0.2) is 17.5 Å². The molecule has 0 atom stereocenters. The smallest absolute Gasteiger partial charge is 0.194 e. The van der Waals surface area contributed by atoms with Gasteiger partial charge < -0.3 is 0 Å². The van der Waals surface area contributed by atoms with Gasteiger partial charge in [-0.15, -0.1) is 0 Å². The molecule has 2 rings (SSSR count). The second-order valence-electron chi connectivity index (χ2n) is 3.56. The molecule has 88 valence electrons. The van der Waals surface area contributed by atoms with Gasteiger partial charge in [0, 0.05) is 6.20 Å². The van der Waals surface area contributed by atoms with Gasteiger partial charge >= 0.3 is 0 Å². The van der Waals surface area contributed by atoms with Crippen molar-refractivity contribution in [3.8, 4) is 0 Å². The summed E-state index contributed by atoms with van der Waals surface area (Å²) in [5.74, 6) is -4.56. The monoisotopic (exact) mass is 241 g/mol. The van der Waals surface area contributed by atoms with Crippen LogP contribution < -0.4 is 0 Å². The highest BCUT2D eigenvalue weighted by Crippen LogP contribution is 2.16. The Kier molecular flexibility index (Phi) is 3.08. The maximum atomic E-state index is 12.9. The van der Waals surface area contributed by atoms with Crippen molar-refractivity contribution >= 4 is 0 Å². The summed E-state index contributed by atoms with van der Waals surface area (Å²) in [6.07, 6.45) is 2.48. The van der Waals surface area contributed by atoms with E-state index in [1.807, 2.05) is 0 Å². The Morgan fingerprint density at radius 3 is 2.06 bits per heavy atom. The van der Waals surface area contributed by atoms with Crippen molar-refractivity contribution in [1.82, 2.24) is 4.98 Å². The third kappa shape index (κ3) is 2.61. The normalized spacial score (nSPS) is 10.6. The molecule has 0 saturated heterocycles. The predicted octanol–water partition coefficient (Wildman–Crippen LogP) is 3.23. The first kappa shape index (κ1) is 11.6. The summed E-state index contributed by atoms with van der Waals surface area (Å²) in [6.45, 7) is 0. The number of halogens is 4. The van der Waals surface area contributed by atoms with E-state index in [1.54, 1.807) is 0 Å². The SMILES string of the molecule is Fc1cncc(Cc2cc(F)c(F)c(F)c2)c1. The van der Waals surface area contributed by atoms with Gasteiger partial charge in [0.1, 0.15) is 5.82 Å². The van der Waals surface area contributed by atoms with E-state index in [4.69, 9.17) is 0 Å². The molecule has 1 heterocycles. The third-order valence-corrected chi connectivity index (χ3v) is 2.21. The summed E-state index contributed by atoms with van der Waals surface area (Å²) in [5, 5.41) is 0. The van der Waals surface area contributed by atoms with Crippen LogP contribution in [0.5, 0.6) is 0 Å². The quantitative estimate of drug-likeness (QED) is 0.581. The summed E-state index contributed by atoms with van der Waals surface area (Å²) in [4.78, 5) is 3.61. The molecule has 0 radical (unpaired) electrons. The molecule has 1 aromatic heterocycles. The lowest BCUT2D eigenvalue weighted by molar-refractivity contribution is 0.445. The lowest BCUT2D eigenvalue weighted by Crippen LogP contribution is -1.96. The fourth-order valence-corrected chi connectivity index (χ4v) is 1.50. The average Bonchev–Trinajstić information content (AvgIpc) is 2.26. The predicted molar refractivity (Wildman–Crippen MR) is 53.3 cm³/mol. The minimum absolute atomic E-state index is 0.0822. The highest BCUT2D eigenvalue weighted by Gasteiger charge is 2.10. The fraction of sp³-hybridized carbons (Fsp3) is 0.0833. The van der Waals surface area contributed by atoms with Crippen molar-refractivity contribution in [1.29, 1.82) is 0 Å². The zero-order valence-corrected chi connectivity index (χ0v) is 8.55. The van der Waals surface area contributed by atoms with Gasteiger partial charge in [-0.25, -0.2) is 17.6 Å². The molecule has 0 aliphatic heterocycles. The molecule has 5 heteroatoms. The molecule has 0 spiro atoms. The van der Waals surface area contributed by atoms with Crippen molar-refractivity contribution in [3.63, 3.8) is 0 Å². The molecular formula is C12H7F4N. The largest absolute Gasteiger partial charge is 0.261 e.